The Kier molecular flexibility index (Phi) is 4.92. The second kappa shape index (κ2) is 7.87. The molecular weight excluding hydrogens is 380 g/mol. The molecular formula is C22H24N6O2. The second-order valence-corrected chi connectivity index (χ2v) is 7.58. The molecule has 8 nitrogen and oxygen atoms in total. The highest BCUT2D eigenvalue weighted by Gasteiger charge is 2.19. The van der Waals surface area contributed by atoms with Crippen LogP contribution in [-0.4, -0.2) is 62.7 Å². The second-order valence-electron chi connectivity index (χ2n) is 7.58. The third-order valence-corrected chi connectivity index (χ3v) is 5.47. The van der Waals surface area contributed by atoms with Crippen molar-refractivity contribution in [2.24, 2.45) is 0 Å². The molecule has 8 heteroatoms. The molecule has 0 spiro atoms. The number of nitrogens with one attached hydrogen (secondary N) is 1. The van der Waals surface area contributed by atoms with Crippen molar-refractivity contribution in [2.45, 2.75) is 25.9 Å². The van der Waals surface area contributed by atoms with Gasteiger partial charge in [-0.15, -0.1) is 0 Å². The molecule has 30 heavy (non-hydrogen) atoms. The fraction of sp³-hybridized carbons (Fsp3) is 0.364. The minimum absolute atomic E-state index is 0.196. The van der Waals surface area contributed by atoms with E-state index in [1.807, 2.05) is 31.3 Å². The van der Waals surface area contributed by atoms with Crippen LogP contribution in [-0.2, 0) is 0 Å². The molecule has 0 amide bonds. The first-order valence-electron chi connectivity index (χ1n) is 10.3. The standard InChI is InChI=1S/C22H24N6O2/c1-3-29-22-25-12-17-16(11-24-21(17)27-22)14-4-5-18-19(10-14)26-20(13-23-18)30-15-6-8-28(2)9-7-15/h4-5,10-13,15H,3,6-9H2,1-2H3,(H,24,25,27). The summed E-state index contributed by atoms with van der Waals surface area (Å²) in [5.74, 6) is 0.581. The van der Waals surface area contributed by atoms with Crippen molar-refractivity contribution < 1.29 is 9.47 Å². The summed E-state index contributed by atoms with van der Waals surface area (Å²) in [6.07, 6.45) is 7.65. The van der Waals surface area contributed by atoms with Crippen LogP contribution in [0.5, 0.6) is 11.9 Å². The van der Waals surface area contributed by atoms with Crippen molar-refractivity contribution in [1.82, 2.24) is 29.8 Å². The third-order valence-electron chi connectivity index (χ3n) is 5.47. The van der Waals surface area contributed by atoms with Crippen LogP contribution in [0.4, 0.5) is 0 Å². The summed E-state index contributed by atoms with van der Waals surface area (Å²) in [6.45, 7) is 4.53. The van der Waals surface area contributed by atoms with Crippen LogP contribution in [0, 0.1) is 0 Å². The van der Waals surface area contributed by atoms with E-state index in [0.29, 0.717) is 18.5 Å². The van der Waals surface area contributed by atoms with Gasteiger partial charge in [0.2, 0.25) is 5.88 Å². The number of rotatable bonds is 5. The maximum atomic E-state index is 6.11. The summed E-state index contributed by atoms with van der Waals surface area (Å²) >= 11 is 0. The van der Waals surface area contributed by atoms with E-state index in [1.54, 1.807) is 12.4 Å². The molecule has 154 valence electrons. The molecule has 1 aromatic carbocycles. The Bertz CT molecular complexity index is 1180. The average Bonchev–Trinajstić information content (AvgIpc) is 3.18. The first-order chi connectivity index (χ1) is 14.7. The molecule has 0 bridgehead atoms. The van der Waals surface area contributed by atoms with Gasteiger partial charge in [-0.25, -0.2) is 15.0 Å². The number of benzene rings is 1. The predicted octanol–water partition coefficient (Wildman–Crippen LogP) is 3.44. The largest absolute Gasteiger partial charge is 0.473 e. The van der Waals surface area contributed by atoms with Gasteiger partial charge in [0.1, 0.15) is 11.8 Å². The number of hydrogen-bond donors (Lipinski definition) is 1. The van der Waals surface area contributed by atoms with Gasteiger partial charge in [0, 0.05) is 36.4 Å². The number of H-pyrrole nitrogens is 1. The Morgan fingerprint density at radius 2 is 1.97 bits per heavy atom. The van der Waals surface area contributed by atoms with Crippen molar-refractivity contribution in [1.29, 1.82) is 0 Å². The van der Waals surface area contributed by atoms with Crippen molar-refractivity contribution in [3.05, 3.63) is 36.8 Å². The minimum atomic E-state index is 0.196. The van der Waals surface area contributed by atoms with Crippen LogP contribution in [0.15, 0.2) is 36.8 Å². The Balaban J connectivity index is 1.44. The summed E-state index contributed by atoms with van der Waals surface area (Å²) in [4.78, 5) is 23.5. The molecule has 3 aromatic heterocycles. The Labute approximate surface area is 174 Å². The molecule has 1 saturated heterocycles. The normalized spacial score (nSPS) is 15.7. The van der Waals surface area contributed by atoms with E-state index in [-0.39, 0.29) is 6.10 Å². The fourth-order valence-electron chi connectivity index (χ4n) is 3.82. The van der Waals surface area contributed by atoms with Crippen LogP contribution in [0.25, 0.3) is 33.2 Å². The topological polar surface area (TPSA) is 89.1 Å². The lowest BCUT2D eigenvalue weighted by Crippen LogP contribution is -2.35. The first-order valence-corrected chi connectivity index (χ1v) is 10.3. The zero-order valence-electron chi connectivity index (χ0n) is 17.1. The number of likely N-dealkylation sites (tertiary alicyclic amines) is 1. The monoisotopic (exact) mass is 404 g/mol. The van der Waals surface area contributed by atoms with Gasteiger partial charge in [0.05, 0.1) is 23.8 Å². The maximum Gasteiger partial charge on any atom is 0.318 e. The zero-order valence-corrected chi connectivity index (χ0v) is 17.1. The summed E-state index contributed by atoms with van der Waals surface area (Å²) in [7, 11) is 2.14. The summed E-state index contributed by atoms with van der Waals surface area (Å²) in [6, 6.07) is 6.42. The number of fused-ring (bicyclic) bond motifs is 2. The van der Waals surface area contributed by atoms with Gasteiger partial charge < -0.3 is 19.4 Å². The third kappa shape index (κ3) is 3.66. The van der Waals surface area contributed by atoms with Gasteiger partial charge in [-0.3, -0.25) is 0 Å². The number of aromatic nitrogens is 5. The number of hydrogen-bond acceptors (Lipinski definition) is 7. The van der Waals surface area contributed by atoms with Gasteiger partial charge in [-0.05, 0) is 44.5 Å². The van der Waals surface area contributed by atoms with Crippen molar-refractivity contribution in [3.8, 4) is 23.0 Å². The quantitative estimate of drug-likeness (QED) is 0.545. The van der Waals surface area contributed by atoms with Crippen molar-refractivity contribution >= 4 is 22.1 Å². The molecule has 0 aliphatic carbocycles. The highest BCUT2D eigenvalue weighted by atomic mass is 16.5. The van der Waals surface area contributed by atoms with E-state index in [1.165, 1.54) is 0 Å². The average molecular weight is 404 g/mol. The first kappa shape index (κ1) is 18.7. The molecule has 5 rings (SSSR count). The van der Waals surface area contributed by atoms with Crippen molar-refractivity contribution in [3.63, 3.8) is 0 Å². The molecule has 0 saturated carbocycles. The molecule has 0 radical (unpaired) electrons. The molecule has 1 aliphatic rings. The lowest BCUT2D eigenvalue weighted by atomic mass is 10.1. The van der Waals surface area contributed by atoms with Gasteiger partial charge in [0.25, 0.3) is 0 Å². The van der Waals surface area contributed by atoms with Crippen LogP contribution in [0.1, 0.15) is 19.8 Å². The van der Waals surface area contributed by atoms with Gasteiger partial charge in [-0.2, -0.15) is 4.98 Å². The maximum absolute atomic E-state index is 6.11. The van der Waals surface area contributed by atoms with E-state index < -0.39 is 0 Å². The molecule has 1 N–H and O–H groups in total. The highest BCUT2D eigenvalue weighted by Crippen LogP contribution is 2.30. The molecule has 0 unspecified atom stereocenters. The van der Waals surface area contributed by atoms with E-state index in [0.717, 1.165) is 59.1 Å². The van der Waals surface area contributed by atoms with Crippen LogP contribution in [0.3, 0.4) is 0 Å². The summed E-state index contributed by atoms with van der Waals surface area (Å²) in [5, 5.41) is 0.935. The van der Waals surface area contributed by atoms with E-state index >= 15 is 0 Å². The Morgan fingerprint density at radius 1 is 1.10 bits per heavy atom. The lowest BCUT2D eigenvalue weighted by molar-refractivity contribution is 0.110. The molecule has 4 heterocycles. The summed E-state index contributed by atoms with van der Waals surface area (Å²) in [5.41, 5.74) is 4.42. The molecule has 4 aromatic rings. The number of piperidine rings is 1. The fourth-order valence-corrected chi connectivity index (χ4v) is 3.82. The SMILES string of the molecule is CCOc1ncc2c(-c3ccc4ncc(OC5CCN(C)CC5)nc4c3)c[nH]c2n1. The van der Waals surface area contributed by atoms with Gasteiger partial charge in [0.15, 0.2) is 0 Å². The predicted molar refractivity (Wildman–Crippen MR) is 115 cm³/mol. The van der Waals surface area contributed by atoms with E-state index in [2.05, 4.69) is 31.9 Å². The number of ether oxygens (including phenoxy) is 2. The van der Waals surface area contributed by atoms with Gasteiger partial charge >= 0.3 is 6.01 Å². The van der Waals surface area contributed by atoms with Crippen molar-refractivity contribution in [2.75, 3.05) is 26.7 Å². The number of nitrogens with zero attached hydrogens (tertiary/aromatic N) is 5. The number of aromatic amines is 1. The van der Waals surface area contributed by atoms with Gasteiger partial charge in [-0.1, -0.05) is 6.07 Å². The lowest BCUT2D eigenvalue weighted by Gasteiger charge is -2.28. The van der Waals surface area contributed by atoms with Crippen LogP contribution < -0.4 is 9.47 Å². The molecule has 0 atom stereocenters. The molecule has 1 aliphatic heterocycles. The Hall–Kier alpha value is -3.26. The van der Waals surface area contributed by atoms with Crippen LogP contribution >= 0.6 is 0 Å². The summed E-state index contributed by atoms with van der Waals surface area (Å²) < 4.78 is 11.5. The molecule has 1 fully saturated rings. The minimum Gasteiger partial charge on any atom is -0.473 e. The van der Waals surface area contributed by atoms with Crippen LogP contribution in [0.2, 0.25) is 0 Å². The van der Waals surface area contributed by atoms with E-state index in [4.69, 9.17) is 14.5 Å². The zero-order chi connectivity index (χ0) is 20.5. The Morgan fingerprint density at radius 3 is 2.80 bits per heavy atom. The highest BCUT2D eigenvalue weighted by molar-refractivity contribution is 5.95. The van der Waals surface area contributed by atoms with E-state index in [9.17, 15) is 0 Å². The smallest absolute Gasteiger partial charge is 0.318 e.